The molecule has 2 aliphatic rings. The van der Waals surface area contributed by atoms with Gasteiger partial charge in [-0.15, -0.1) is 11.1 Å². The molecule has 8 bridgehead atoms. The molecule has 0 aliphatic carbocycles. The molecule has 0 amide bonds. The zero-order valence-electron chi connectivity index (χ0n) is 53.9. The molecular formula is C74H76N12Si2Zn. The van der Waals surface area contributed by atoms with Gasteiger partial charge in [-0.05, 0) is 116 Å². The molecule has 0 radical (unpaired) electrons. The van der Waals surface area contributed by atoms with Crippen molar-refractivity contribution in [3.8, 4) is 91.3 Å². The summed E-state index contributed by atoms with van der Waals surface area (Å²) >= 11 is 0. The summed E-state index contributed by atoms with van der Waals surface area (Å²) in [7, 11) is -3.81. The van der Waals surface area contributed by atoms with Gasteiger partial charge in [0.15, 0.2) is 0 Å². The van der Waals surface area contributed by atoms with Gasteiger partial charge in [-0.25, -0.2) is 19.9 Å². The van der Waals surface area contributed by atoms with Crippen molar-refractivity contribution >= 4 is 82.3 Å². The van der Waals surface area contributed by atoms with Crippen molar-refractivity contribution in [3.63, 3.8) is 0 Å². The van der Waals surface area contributed by atoms with E-state index in [0.717, 1.165) is 126 Å². The van der Waals surface area contributed by atoms with E-state index in [-0.39, 0.29) is 19.5 Å². The third-order valence-electron chi connectivity index (χ3n) is 19.0. The van der Waals surface area contributed by atoms with Crippen LogP contribution in [0.2, 0.25) is 33.2 Å². The Kier molecular flexibility index (Phi) is 16.4. The molecule has 0 saturated carbocycles. The maximum Gasteiger partial charge on any atom is 2.00 e. The minimum Gasteiger partial charge on any atom is -0.357 e. The fourth-order valence-electron chi connectivity index (χ4n) is 14.8. The summed E-state index contributed by atoms with van der Waals surface area (Å²) in [5.41, 5.74) is 24.2. The number of benzene rings is 6. The molecule has 11 aromatic rings. The Bertz CT molecular complexity index is 4530. The summed E-state index contributed by atoms with van der Waals surface area (Å²) < 4.78 is 4.64. The molecule has 0 saturated heterocycles. The van der Waals surface area contributed by atoms with Crippen molar-refractivity contribution in [2.24, 2.45) is 0 Å². The monoisotopic (exact) mass is 1250 g/mol. The summed E-state index contributed by atoms with van der Waals surface area (Å²) in [6, 6.07) is 42.1. The molecule has 2 aliphatic heterocycles. The minimum atomic E-state index is -1.91. The van der Waals surface area contributed by atoms with Gasteiger partial charge in [-0.1, -0.05) is 182 Å². The fourth-order valence-corrected chi connectivity index (χ4v) is 25.2. The van der Waals surface area contributed by atoms with E-state index in [1.54, 1.807) is 0 Å². The predicted molar refractivity (Wildman–Crippen MR) is 368 cm³/mol. The fraction of sp³-hybridized carbons (Fsp3) is 0.324. The van der Waals surface area contributed by atoms with Crippen molar-refractivity contribution in [1.29, 1.82) is 0 Å². The Balaban J connectivity index is 0.00000769. The Morgan fingerprint density at radius 1 is 0.382 bits per heavy atom. The number of hydrogen-bond acceptors (Lipinski definition) is 8. The van der Waals surface area contributed by atoms with E-state index in [2.05, 4.69) is 202 Å². The normalized spacial score (nSPS) is 12.4. The molecule has 0 fully saturated rings. The number of aryl methyl sites for hydroxylation is 2. The van der Waals surface area contributed by atoms with Crippen LogP contribution >= 0.6 is 0 Å². The van der Waals surface area contributed by atoms with E-state index < -0.39 is 16.1 Å². The summed E-state index contributed by atoms with van der Waals surface area (Å²) in [5, 5.41) is 3.27. The number of rotatable bonds is 12. The smallest absolute Gasteiger partial charge is 0.357 e. The average molecular weight is 1260 g/mol. The van der Waals surface area contributed by atoms with Gasteiger partial charge in [0.2, 0.25) is 0 Å². The quantitative estimate of drug-likeness (QED) is 0.0857. The van der Waals surface area contributed by atoms with Crippen LogP contribution in [0.25, 0.3) is 135 Å². The third kappa shape index (κ3) is 10.4. The van der Waals surface area contributed by atoms with Crippen LogP contribution in [-0.2, 0) is 32.6 Å². The van der Waals surface area contributed by atoms with Crippen molar-refractivity contribution in [2.45, 2.75) is 156 Å². The average Bonchev–Trinajstić information content (AvgIpc) is 1.78. The summed E-state index contributed by atoms with van der Waals surface area (Å²) in [6.45, 7) is 34.2. The van der Waals surface area contributed by atoms with E-state index in [1.807, 2.05) is 48.5 Å². The molecule has 7 heterocycles. The summed E-state index contributed by atoms with van der Waals surface area (Å²) in [4.78, 5) is 53.2. The Labute approximate surface area is 537 Å². The van der Waals surface area contributed by atoms with Crippen LogP contribution in [-0.4, -0.2) is 65.2 Å². The molecule has 0 atom stereocenters. The van der Waals surface area contributed by atoms with Crippen LogP contribution in [0.1, 0.15) is 121 Å². The first-order valence-electron chi connectivity index (χ1n) is 31.7. The molecular weight excluding hydrogens is 1180 g/mol. The topological polar surface area (TPSA) is 141 Å². The van der Waals surface area contributed by atoms with E-state index in [4.69, 9.17) is 49.8 Å². The van der Waals surface area contributed by atoms with Gasteiger partial charge >= 0.3 is 19.5 Å². The Morgan fingerprint density at radius 3 is 0.955 bits per heavy atom. The number of hydrogen-bond donors (Lipinski definition) is 0. The SMILES string of the molecule is CCCn1c(-c2ccc(C#C[Si](C(C)C)(C(C)C)C(C)C)cc2)nc2cc3c4nc5nc(nc6[n-]c(nc7nc(nc([n-]4)c3cc21)-c1ccccc1-7)c1cc2nc(-c3ccc(C#C[Si](C(C)C)(C(C)C)C(C)C)cc3)n(CCC)c2cc61)-c1ccccc1-5.[Zn+2]. The van der Waals surface area contributed by atoms with Crippen LogP contribution in [0.15, 0.2) is 121 Å². The van der Waals surface area contributed by atoms with Crippen molar-refractivity contribution in [3.05, 3.63) is 132 Å². The molecule has 13 rings (SSSR count). The van der Waals surface area contributed by atoms with Gasteiger partial charge in [0.25, 0.3) is 0 Å². The standard InChI is InChI=1S/C74H76N12Si2.Zn/c1-15-35-85-63-41-59-57(39-61(63)75-73(85)51-29-25-49(26-30-51)33-37-87(43(3)4,44(5)6)45(7)8)69-79-65-54-22-18-20-24-56(54)68(78-65)82-72-60-42-64-62(40-58(60)70(84-72)80-66-53-21-17-19-23-55(53)67(77-66)81-71(59)83-69)76-74(86(64)36-16-2)52-31-27-50(28-32-52)34-38-88(46(9)10,47(11)12)48(13)14;/h17-32,39-48H,15-16,35-36H2,1-14H3;/q-2;+2. The summed E-state index contributed by atoms with van der Waals surface area (Å²) in [5.74, 6) is 11.1. The first-order valence-corrected chi connectivity index (χ1v) is 36.1. The van der Waals surface area contributed by atoms with Crippen LogP contribution in [0.3, 0.4) is 0 Å². The number of imidazole rings is 2. The van der Waals surface area contributed by atoms with Gasteiger partial charge in [0.1, 0.15) is 27.8 Å². The minimum absolute atomic E-state index is 0. The van der Waals surface area contributed by atoms with E-state index >= 15 is 0 Å². The second kappa shape index (κ2) is 24.0. The zero-order chi connectivity index (χ0) is 61.5. The number of aromatic nitrogens is 12. The number of nitrogens with zero attached hydrogens (tertiary/aromatic N) is 12. The molecule has 6 aromatic carbocycles. The molecule has 0 spiro atoms. The zero-order valence-corrected chi connectivity index (χ0v) is 58.9. The Morgan fingerprint density at radius 2 is 0.674 bits per heavy atom. The van der Waals surface area contributed by atoms with E-state index in [1.165, 1.54) is 0 Å². The van der Waals surface area contributed by atoms with Gasteiger partial charge < -0.3 is 39.0 Å². The van der Waals surface area contributed by atoms with Gasteiger partial charge in [-0.3, -0.25) is 0 Å². The van der Waals surface area contributed by atoms with Crippen LogP contribution < -0.4 is 9.97 Å². The van der Waals surface area contributed by atoms with E-state index in [0.29, 0.717) is 79.1 Å². The maximum atomic E-state index is 5.39. The second-order valence-electron chi connectivity index (χ2n) is 26.0. The molecule has 0 N–H and O–H groups in total. The van der Waals surface area contributed by atoms with Gasteiger partial charge in [0.05, 0.1) is 45.4 Å². The Hall–Kier alpha value is -8.20. The predicted octanol–water partition coefficient (Wildman–Crippen LogP) is 18.1. The van der Waals surface area contributed by atoms with Crippen LogP contribution in [0.4, 0.5) is 0 Å². The van der Waals surface area contributed by atoms with Crippen molar-refractivity contribution in [1.82, 2.24) is 59.0 Å². The molecule has 5 aromatic heterocycles. The first-order chi connectivity index (χ1) is 42.4. The second-order valence-corrected chi connectivity index (χ2v) is 37.1. The molecule has 12 nitrogen and oxygen atoms in total. The van der Waals surface area contributed by atoms with E-state index in [9.17, 15) is 0 Å². The van der Waals surface area contributed by atoms with Gasteiger partial charge in [-0.2, -0.15) is 0 Å². The van der Waals surface area contributed by atoms with Crippen LogP contribution in [0.5, 0.6) is 0 Å². The largest absolute Gasteiger partial charge is 2.00 e. The van der Waals surface area contributed by atoms with Crippen molar-refractivity contribution in [2.75, 3.05) is 0 Å². The van der Waals surface area contributed by atoms with Crippen molar-refractivity contribution < 1.29 is 19.5 Å². The number of fused-ring (bicyclic) bond motifs is 22. The molecule has 442 valence electrons. The molecule has 15 heteroatoms. The maximum absolute atomic E-state index is 5.39. The summed E-state index contributed by atoms with van der Waals surface area (Å²) in [6.07, 6.45) is 1.82. The van der Waals surface area contributed by atoms with Crippen LogP contribution in [0, 0.1) is 22.9 Å². The van der Waals surface area contributed by atoms with Gasteiger partial charge in [0, 0.05) is 80.2 Å². The molecule has 0 unspecified atom stereocenters. The molecule has 89 heavy (non-hydrogen) atoms. The third-order valence-corrected chi connectivity index (χ3v) is 31.6. The first kappa shape index (κ1) is 61.1.